The first kappa shape index (κ1) is 16.7. The summed E-state index contributed by atoms with van der Waals surface area (Å²) in [6, 6.07) is 11.4. The van der Waals surface area contributed by atoms with E-state index in [0.717, 1.165) is 19.0 Å². The molecule has 0 spiro atoms. The molecule has 0 bridgehead atoms. The number of nitrogens with zero attached hydrogens (tertiary/aromatic N) is 2. The number of piperazine rings is 1. The largest absolute Gasteiger partial charge is 0.309 e. The summed E-state index contributed by atoms with van der Waals surface area (Å²) in [4.78, 5) is 5.04. The van der Waals surface area contributed by atoms with Gasteiger partial charge < -0.3 is 10.2 Å². The monoisotopic (exact) mass is 313 g/mol. The number of nitrogens with one attached hydrogen (secondary N) is 1. The van der Waals surface area contributed by atoms with E-state index in [2.05, 4.69) is 64.6 Å². The molecular formula is C20H31N3. The van der Waals surface area contributed by atoms with Crippen LogP contribution in [0.3, 0.4) is 0 Å². The van der Waals surface area contributed by atoms with Crippen molar-refractivity contribution in [2.45, 2.75) is 25.3 Å². The second kappa shape index (κ2) is 8.62. The molecule has 3 nitrogen and oxygen atoms in total. The summed E-state index contributed by atoms with van der Waals surface area (Å²) in [7, 11) is 2.22. The van der Waals surface area contributed by atoms with Gasteiger partial charge in [-0.25, -0.2) is 0 Å². The van der Waals surface area contributed by atoms with Crippen molar-refractivity contribution in [2.75, 3.05) is 46.3 Å². The maximum atomic E-state index is 3.88. The summed E-state index contributed by atoms with van der Waals surface area (Å²) in [5.41, 5.74) is 1.43. The van der Waals surface area contributed by atoms with Gasteiger partial charge in [-0.05, 0) is 44.3 Å². The standard InChI is InChI=1S/C20H31N3/c1-22-12-14-23(15-13-22)17-20(19-10-6-3-7-11-19)21-16-18-8-4-2-5-9-18/h2-4,6-7,10-11,18,20-21H,5,8-9,12-17H2,1H3/t18-,20-/m0/s1. The average Bonchev–Trinajstić information content (AvgIpc) is 2.62. The lowest BCUT2D eigenvalue weighted by molar-refractivity contribution is 0.141. The highest BCUT2D eigenvalue weighted by Crippen LogP contribution is 2.20. The van der Waals surface area contributed by atoms with Crippen molar-refractivity contribution in [1.82, 2.24) is 15.1 Å². The van der Waals surface area contributed by atoms with E-state index in [1.54, 1.807) is 0 Å². The van der Waals surface area contributed by atoms with E-state index in [1.807, 2.05) is 0 Å². The molecular weight excluding hydrogens is 282 g/mol. The molecule has 0 amide bonds. The van der Waals surface area contributed by atoms with Crippen LogP contribution in [-0.2, 0) is 0 Å². The maximum absolute atomic E-state index is 3.88. The van der Waals surface area contributed by atoms with Crippen molar-refractivity contribution < 1.29 is 0 Å². The van der Waals surface area contributed by atoms with Crippen LogP contribution in [-0.4, -0.2) is 56.1 Å². The first-order valence-corrected chi connectivity index (χ1v) is 9.15. The van der Waals surface area contributed by atoms with Gasteiger partial charge in [-0.1, -0.05) is 42.5 Å². The summed E-state index contributed by atoms with van der Waals surface area (Å²) in [5.74, 6) is 0.804. The number of rotatable bonds is 6. The lowest BCUT2D eigenvalue weighted by Gasteiger charge is -2.35. The molecule has 1 aromatic rings. The predicted molar refractivity (Wildman–Crippen MR) is 97.6 cm³/mol. The molecule has 0 saturated carbocycles. The number of benzene rings is 1. The van der Waals surface area contributed by atoms with Crippen molar-refractivity contribution in [3.63, 3.8) is 0 Å². The molecule has 126 valence electrons. The molecule has 1 aliphatic carbocycles. The molecule has 1 aliphatic heterocycles. The van der Waals surface area contributed by atoms with Crippen LogP contribution in [0.25, 0.3) is 0 Å². The first-order chi connectivity index (χ1) is 11.3. The molecule has 1 N–H and O–H groups in total. The molecule has 0 unspecified atom stereocenters. The Hall–Kier alpha value is -1.16. The van der Waals surface area contributed by atoms with Gasteiger partial charge in [0.15, 0.2) is 0 Å². The Bertz CT molecular complexity index is 477. The van der Waals surface area contributed by atoms with Crippen molar-refractivity contribution in [3.8, 4) is 0 Å². The minimum atomic E-state index is 0.450. The van der Waals surface area contributed by atoms with Crippen LogP contribution in [0, 0.1) is 5.92 Å². The van der Waals surface area contributed by atoms with Crippen LogP contribution in [0.5, 0.6) is 0 Å². The highest BCUT2D eigenvalue weighted by molar-refractivity contribution is 5.19. The highest BCUT2D eigenvalue weighted by atomic mass is 15.3. The van der Waals surface area contributed by atoms with Gasteiger partial charge in [0, 0.05) is 38.8 Å². The zero-order chi connectivity index (χ0) is 15.9. The zero-order valence-corrected chi connectivity index (χ0v) is 14.5. The molecule has 3 heteroatoms. The van der Waals surface area contributed by atoms with Crippen molar-refractivity contribution in [1.29, 1.82) is 0 Å². The third-order valence-electron chi connectivity index (χ3n) is 5.27. The Morgan fingerprint density at radius 1 is 1.09 bits per heavy atom. The van der Waals surface area contributed by atoms with Gasteiger partial charge in [0.2, 0.25) is 0 Å². The van der Waals surface area contributed by atoms with Gasteiger partial charge in [-0.3, -0.25) is 4.90 Å². The summed E-state index contributed by atoms with van der Waals surface area (Å²) in [5, 5.41) is 3.88. The van der Waals surface area contributed by atoms with E-state index in [0.29, 0.717) is 6.04 Å². The maximum Gasteiger partial charge on any atom is 0.0449 e. The Morgan fingerprint density at radius 3 is 2.57 bits per heavy atom. The third-order valence-corrected chi connectivity index (χ3v) is 5.27. The molecule has 3 rings (SSSR count). The van der Waals surface area contributed by atoms with Crippen LogP contribution in [0.4, 0.5) is 0 Å². The van der Waals surface area contributed by atoms with Gasteiger partial charge in [0.25, 0.3) is 0 Å². The van der Waals surface area contributed by atoms with Crippen molar-refractivity contribution in [3.05, 3.63) is 48.0 Å². The second-order valence-corrected chi connectivity index (χ2v) is 7.13. The Morgan fingerprint density at radius 2 is 1.87 bits per heavy atom. The van der Waals surface area contributed by atoms with Gasteiger partial charge in [-0.2, -0.15) is 0 Å². The third kappa shape index (κ3) is 5.17. The molecule has 1 fully saturated rings. The fourth-order valence-corrected chi connectivity index (χ4v) is 3.61. The van der Waals surface area contributed by atoms with Gasteiger partial charge in [-0.15, -0.1) is 0 Å². The van der Waals surface area contributed by atoms with E-state index >= 15 is 0 Å². The second-order valence-electron chi connectivity index (χ2n) is 7.13. The molecule has 0 radical (unpaired) electrons. The van der Waals surface area contributed by atoms with Gasteiger partial charge in [0.05, 0.1) is 0 Å². The lowest BCUT2D eigenvalue weighted by atomic mass is 9.94. The summed E-state index contributed by atoms with van der Waals surface area (Å²) < 4.78 is 0. The fourth-order valence-electron chi connectivity index (χ4n) is 3.61. The topological polar surface area (TPSA) is 18.5 Å². The molecule has 23 heavy (non-hydrogen) atoms. The quantitative estimate of drug-likeness (QED) is 0.815. The number of hydrogen-bond donors (Lipinski definition) is 1. The number of hydrogen-bond acceptors (Lipinski definition) is 3. The van der Waals surface area contributed by atoms with E-state index in [-0.39, 0.29) is 0 Å². The SMILES string of the molecule is CN1CCN(C[C@H](NC[C@H]2CC=CCC2)c2ccccc2)CC1. The average molecular weight is 313 g/mol. The van der Waals surface area contributed by atoms with E-state index < -0.39 is 0 Å². The Kier molecular flexibility index (Phi) is 6.26. The van der Waals surface area contributed by atoms with Crippen LogP contribution in [0.1, 0.15) is 30.9 Å². The van der Waals surface area contributed by atoms with Crippen molar-refractivity contribution >= 4 is 0 Å². The molecule has 2 aliphatic rings. The Balaban J connectivity index is 1.58. The number of allylic oxidation sites excluding steroid dienone is 2. The minimum absolute atomic E-state index is 0.450. The lowest BCUT2D eigenvalue weighted by Crippen LogP contribution is -2.47. The fraction of sp³-hybridized carbons (Fsp3) is 0.600. The van der Waals surface area contributed by atoms with Crippen LogP contribution in [0.2, 0.25) is 0 Å². The van der Waals surface area contributed by atoms with Crippen LogP contribution in [0.15, 0.2) is 42.5 Å². The van der Waals surface area contributed by atoms with Crippen LogP contribution < -0.4 is 5.32 Å². The smallest absolute Gasteiger partial charge is 0.0449 e. The summed E-state index contributed by atoms with van der Waals surface area (Å²) >= 11 is 0. The number of likely N-dealkylation sites (N-methyl/N-ethyl adjacent to an activating group) is 1. The predicted octanol–water partition coefficient (Wildman–Crippen LogP) is 2.92. The molecule has 1 aromatic carbocycles. The first-order valence-electron chi connectivity index (χ1n) is 9.15. The van der Waals surface area contributed by atoms with E-state index in [4.69, 9.17) is 0 Å². The minimum Gasteiger partial charge on any atom is -0.309 e. The van der Waals surface area contributed by atoms with E-state index in [1.165, 1.54) is 51.0 Å². The van der Waals surface area contributed by atoms with Crippen LogP contribution >= 0.6 is 0 Å². The molecule has 2 atom stereocenters. The van der Waals surface area contributed by atoms with E-state index in [9.17, 15) is 0 Å². The zero-order valence-electron chi connectivity index (χ0n) is 14.5. The molecule has 0 aromatic heterocycles. The van der Waals surface area contributed by atoms with Gasteiger partial charge in [0.1, 0.15) is 0 Å². The summed E-state index contributed by atoms with van der Waals surface area (Å²) in [6.45, 7) is 7.02. The normalized spacial score (nSPS) is 24.7. The molecule has 1 saturated heterocycles. The Labute approximate surface area is 141 Å². The van der Waals surface area contributed by atoms with Gasteiger partial charge >= 0.3 is 0 Å². The molecule has 1 heterocycles. The van der Waals surface area contributed by atoms with Crippen molar-refractivity contribution in [2.24, 2.45) is 5.92 Å². The summed E-state index contributed by atoms with van der Waals surface area (Å²) in [6.07, 6.45) is 8.51. The highest BCUT2D eigenvalue weighted by Gasteiger charge is 2.20.